The zero-order valence-electron chi connectivity index (χ0n) is 6.21. The summed E-state index contributed by atoms with van der Waals surface area (Å²) in [7, 11) is 1.55. The Kier molecular flexibility index (Phi) is 1.69. The average Bonchev–Trinajstić information content (AvgIpc) is 2.48. The van der Waals surface area contributed by atoms with Crippen molar-refractivity contribution in [3.8, 4) is 5.88 Å². The number of hydrogen-bond donors (Lipinski definition) is 1. The molecule has 2 rings (SSSR count). The Morgan fingerprint density at radius 3 is 3.00 bits per heavy atom. The summed E-state index contributed by atoms with van der Waals surface area (Å²) < 4.78 is 5.72. The average molecular weight is 229 g/mol. The molecule has 0 radical (unpaired) electrons. The molecule has 1 N–H and O–H groups in total. The maximum atomic E-state index is 4.99. The molecule has 0 saturated heterocycles. The molecule has 0 aliphatic rings. The zero-order chi connectivity index (χ0) is 8.55. The van der Waals surface area contributed by atoms with E-state index in [-0.39, 0.29) is 0 Å². The lowest BCUT2D eigenvalue weighted by Crippen LogP contribution is -1.89. The molecule has 2 aromatic heterocycles. The highest BCUT2D eigenvalue weighted by Gasteiger charge is 2.09. The van der Waals surface area contributed by atoms with E-state index >= 15 is 0 Å². The van der Waals surface area contributed by atoms with Crippen molar-refractivity contribution in [3.05, 3.63) is 10.9 Å². The molecular formula is C6H5BrN4O. The van der Waals surface area contributed by atoms with Crippen LogP contribution in [0.15, 0.2) is 10.9 Å². The van der Waals surface area contributed by atoms with Crippen molar-refractivity contribution in [2.45, 2.75) is 0 Å². The van der Waals surface area contributed by atoms with Crippen LogP contribution in [0.3, 0.4) is 0 Å². The fraction of sp³-hybridized carbons (Fsp3) is 0.167. The van der Waals surface area contributed by atoms with Gasteiger partial charge in [0.05, 0.1) is 7.11 Å². The predicted octanol–water partition coefficient (Wildman–Crippen LogP) is 1.12. The third kappa shape index (κ3) is 0.953. The van der Waals surface area contributed by atoms with Crippen LogP contribution in [0.2, 0.25) is 0 Å². The van der Waals surface area contributed by atoms with E-state index in [0.717, 1.165) is 10.1 Å². The van der Waals surface area contributed by atoms with Gasteiger partial charge >= 0.3 is 0 Å². The lowest BCUT2D eigenvalue weighted by molar-refractivity contribution is 0.401. The van der Waals surface area contributed by atoms with Gasteiger partial charge in [0.15, 0.2) is 5.52 Å². The standard InChI is InChI=1S/C6H5BrN4O/c1-12-6-4-3(8-2-9-6)5(7)11-10-4/h2H,1H3,(H,10,11). The molecule has 12 heavy (non-hydrogen) atoms. The molecule has 0 bridgehead atoms. The van der Waals surface area contributed by atoms with E-state index in [0.29, 0.717) is 11.4 Å². The van der Waals surface area contributed by atoms with E-state index in [1.807, 2.05) is 0 Å². The number of rotatable bonds is 1. The number of nitrogens with one attached hydrogen (secondary N) is 1. The molecule has 0 aliphatic heterocycles. The van der Waals surface area contributed by atoms with Crippen LogP contribution in [-0.4, -0.2) is 27.3 Å². The highest BCUT2D eigenvalue weighted by Crippen LogP contribution is 2.23. The summed E-state index contributed by atoms with van der Waals surface area (Å²) in [6, 6.07) is 0. The summed E-state index contributed by atoms with van der Waals surface area (Å²) in [5.41, 5.74) is 1.36. The predicted molar refractivity (Wildman–Crippen MR) is 45.9 cm³/mol. The van der Waals surface area contributed by atoms with Crippen LogP contribution < -0.4 is 4.74 Å². The van der Waals surface area contributed by atoms with Gasteiger partial charge in [0, 0.05) is 0 Å². The van der Waals surface area contributed by atoms with Crippen LogP contribution in [0.25, 0.3) is 11.0 Å². The van der Waals surface area contributed by atoms with E-state index in [1.165, 1.54) is 6.33 Å². The first-order valence-electron chi connectivity index (χ1n) is 3.21. The molecule has 0 amide bonds. The van der Waals surface area contributed by atoms with Crippen molar-refractivity contribution in [2.24, 2.45) is 0 Å². The third-order valence-corrected chi connectivity index (χ3v) is 2.01. The van der Waals surface area contributed by atoms with Crippen LogP contribution in [0.4, 0.5) is 0 Å². The van der Waals surface area contributed by atoms with E-state index in [9.17, 15) is 0 Å². The largest absolute Gasteiger partial charge is 0.479 e. The smallest absolute Gasteiger partial charge is 0.245 e. The van der Waals surface area contributed by atoms with Crippen molar-refractivity contribution in [1.82, 2.24) is 20.2 Å². The monoisotopic (exact) mass is 228 g/mol. The summed E-state index contributed by atoms with van der Waals surface area (Å²) in [4.78, 5) is 7.92. The molecule has 62 valence electrons. The SMILES string of the molecule is COc1ncnc2c(Br)[nH]nc12. The summed E-state index contributed by atoms with van der Waals surface area (Å²) in [6.45, 7) is 0. The summed E-state index contributed by atoms with van der Waals surface area (Å²) in [6.07, 6.45) is 1.43. The first-order valence-corrected chi connectivity index (χ1v) is 4.01. The number of fused-ring (bicyclic) bond motifs is 1. The van der Waals surface area contributed by atoms with Gasteiger partial charge in [0.25, 0.3) is 0 Å². The van der Waals surface area contributed by atoms with Crippen molar-refractivity contribution in [2.75, 3.05) is 7.11 Å². The highest BCUT2D eigenvalue weighted by atomic mass is 79.9. The Bertz CT molecular complexity index is 413. The second-order valence-corrected chi connectivity index (χ2v) is 2.91. The van der Waals surface area contributed by atoms with Crippen molar-refractivity contribution < 1.29 is 4.74 Å². The van der Waals surface area contributed by atoms with Gasteiger partial charge in [-0.25, -0.2) is 4.98 Å². The van der Waals surface area contributed by atoms with Gasteiger partial charge in [-0.3, -0.25) is 5.10 Å². The zero-order valence-corrected chi connectivity index (χ0v) is 7.79. The van der Waals surface area contributed by atoms with Gasteiger partial charge in [-0.15, -0.1) is 0 Å². The van der Waals surface area contributed by atoms with E-state index in [1.54, 1.807) is 7.11 Å². The molecule has 2 heterocycles. The normalized spacial score (nSPS) is 10.5. The maximum Gasteiger partial charge on any atom is 0.245 e. The van der Waals surface area contributed by atoms with E-state index in [4.69, 9.17) is 4.74 Å². The minimum absolute atomic E-state index is 0.474. The fourth-order valence-corrected chi connectivity index (χ4v) is 1.31. The molecule has 0 fully saturated rings. The second-order valence-electron chi connectivity index (χ2n) is 2.12. The summed E-state index contributed by atoms with van der Waals surface area (Å²) in [5.74, 6) is 0.474. The summed E-state index contributed by atoms with van der Waals surface area (Å²) in [5, 5.41) is 6.70. The minimum Gasteiger partial charge on any atom is -0.479 e. The Labute approximate surface area is 76.3 Å². The number of H-pyrrole nitrogens is 1. The van der Waals surface area contributed by atoms with Gasteiger partial charge in [0.2, 0.25) is 5.88 Å². The van der Waals surface area contributed by atoms with Gasteiger partial charge in [-0.05, 0) is 15.9 Å². The lowest BCUT2D eigenvalue weighted by Gasteiger charge is -1.95. The molecule has 2 aromatic rings. The summed E-state index contributed by atoms with van der Waals surface area (Å²) >= 11 is 3.27. The number of aromatic amines is 1. The van der Waals surface area contributed by atoms with Crippen molar-refractivity contribution in [3.63, 3.8) is 0 Å². The van der Waals surface area contributed by atoms with Gasteiger partial charge < -0.3 is 4.74 Å². The van der Waals surface area contributed by atoms with Crippen LogP contribution >= 0.6 is 15.9 Å². The first-order chi connectivity index (χ1) is 5.83. The quantitative estimate of drug-likeness (QED) is 0.795. The number of hydrogen-bond acceptors (Lipinski definition) is 4. The molecule has 0 spiro atoms. The number of aromatic nitrogens is 4. The Morgan fingerprint density at radius 1 is 1.42 bits per heavy atom. The number of methoxy groups -OCH3 is 1. The Hall–Kier alpha value is -1.17. The van der Waals surface area contributed by atoms with E-state index < -0.39 is 0 Å². The van der Waals surface area contributed by atoms with Crippen molar-refractivity contribution in [1.29, 1.82) is 0 Å². The molecule has 0 atom stereocenters. The van der Waals surface area contributed by atoms with Crippen LogP contribution in [-0.2, 0) is 0 Å². The molecule has 0 unspecified atom stereocenters. The van der Waals surface area contributed by atoms with Gasteiger partial charge in [0.1, 0.15) is 16.4 Å². The van der Waals surface area contributed by atoms with Crippen molar-refractivity contribution >= 4 is 27.0 Å². The topological polar surface area (TPSA) is 63.7 Å². The number of nitrogens with zero attached hydrogens (tertiary/aromatic N) is 3. The molecule has 0 saturated carbocycles. The maximum absolute atomic E-state index is 4.99. The highest BCUT2D eigenvalue weighted by molar-refractivity contribution is 9.10. The third-order valence-electron chi connectivity index (χ3n) is 1.46. The molecule has 5 nitrogen and oxygen atoms in total. The lowest BCUT2D eigenvalue weighted by atomic mass is 10.5. The molecule has 0 aliphatic carbocycles. The van der Waals surface area contributed by atoms with Gasteiger partial charge in [-0.2, -0.15) is 10.1 Å². The Balaban J connectivity index is 2.81. The number of ether oxygens (including phenoxy) is 1. The fourth-order valence-electron chi connectivity index (χ4n) is 0.931. The minimum atomic E-state index is 0.474. The Morgan fingerprint density at radius 2 is 2.25 bits per heavy atom. The van der Waals surface area contributed by atoms with Crippen LogP contribution in [0.1, 0.15) is 0 Å². The first kappa shape index (κ1) is 7.48. The molecule has 6 heteroatoms. The van der Waals surface area contributed by atoms with Crippen LogP contribution in [0.5, 0.6) is 5.88 Å². The van der Waals surface area contributed by atoms with Crippen LogP contribution in [0, 0.1) is 0 Å². The second kappa shape index (κ2) is 2.71. The molecular weight excluding hydrogens is 224 g/mol. The van der Waals surface area contributed by atoms with E-state index in [2.05, 4.69) is 36.1 Å². The number of halogens is 1. The van der Waals surface area contributed by atoms with Gasteiger partial charge in [-0.1, -0.05) is 0 Å². The molecule has 0 aromatic carbocycles.